The van der Waals surface area contributed by atoms with E-state index in [1.165, 1.54) is 23.1 Å². The van der Waals surface area contributed by atoms with Gasteiger partial charge in [0.05, 0.1) is 12.4 Å². The van der Waals surface area contributed by atoms with Gasteiger partial charge in [-0.25, -0.2) is 4.98 Å². The van der Waals surface area contributed by atoms with Crippen molar-refractivity contribution in [1.82, 2.24) is 19.7 Å². The number of carbonyl (C=O) groups excluding carboxylic acids is 1. The summed E-state index contributed by atoms with van der Waals surface area (Å²) in [7, 11) is 3.44. The van der Waals surface area contributed by atoms with E-state index in [1.807, 2.05) is 48.2 Å². The van der Waals surface area contributed by atoms with Crippen LogP contribution in [0.3, 0.4) is 0 Å². The largest absolute Gasteiger partial charge is 0.493 e. The summed E-state index contributed by atoms with van der Waals surface area (Å²) in [6, 6.07) is 7.41. The minimum Gasteiger partial charge on any atom is -0.493 e. The summed E-state index contributed by atoms with van der Waals surface area (Å²) >= 11 is 2.70. The van der Waals surface area contributed by atoms with Crippen LogP contribution in [0.2, 0.25) is 0 Å². The van der Waals surface area contributed by atoms with Gasteiger partial charge in [0.1, 0.15) is 6.61 Å². The maximum absolute atomic E-state index is 12.3. The van der Waals surface area contributed by atoms with Crippen LogP contribution in [0.25, 0.3) is 0 Å². The Kier molecular flexibility index (Phi) is 6.30. The van der Waals surface area contributed by atoms with E-state index in [0.717, 1.165) is 0 Å². The molecule has 1 amide bonds. The summed E-state index contributed by atoms with van der Waals surface area (Å²) in [4.78, 5) is 16.3. The molecule has 1 unspecified atom stereocenters. The molecule has 27 heavy (non-hydrogen) atoms. The average Bonchev–Trinajstić information content (AvgIpc) is 3.31. The smallest absolute Gasteiger partial charge is 0.239 e. The topological polar surface area (TPSA) is 91.2 Å². The lowest BCUT2D eigenvalue weighted by Crippen LogP contribution is -2.22. The van der Waals surface area contributed by atoms with E-state index >= 15 is 0 Å². The number of methoxy groups -OCH3 is 1. The highest BCUT2D eigenvalue weighted by molar-refractivity contribution is 8.00. The first-order valence-electron chi connectivity index (χ1n) is 8.09. The monoisotopic (exact) mass is 405 g/mol. The summed E-state index contributed by atoms with van der Waals surface area (Å²) in [5, 5.41) is 13.8. The van der Waals surface area contributed by atoms with Gasteiger partial charge in [-0.3, -0.25) is 4.79 Å². The Morgan fingerprint density at radius 2 is 2.11 bits per heavy atom. The summed E-state index contributed by atoms with van der Waals surface area (Å²) in [6.45, 7) is 2.05. The van der Waals surface area contributed by atoms with Gasteiger partial charge in [0.2, 0.25) is 5.91 Å². The van der Waals surface area contributed by atoms with Crippen LogP contribution >= 0.6 is 23.1 Å². The Morgan fingerprint density at radius 1 is 1.33 bits per heavy atom. The fraction of sp³-hybridized carbons (Fsp3) is 0.294. The Balaban J connectivity index is 1.60. The first-order chi connectivity index (χ1) is 13.1. The maximum atomic E-state index is 12.3. The lowest BCUT2D eigenvalue weighted by Gasteiger charge is -2.11. The van der Waals surface area contributed by atoms with Gasteiger partial charge in [0, 0.05) is 18.6 Å². The predicted molar refractivity (Wildman–Crippen MR) is 104 cm³/mol. The molecule has 0 aliphatic rings. The van der Waals surface area contributed by atoms with Crippen LogP contribution < -0.4 is 14.8 Å². The zero-order chi connectivity index (χ0) is 19.2. The van der Waals surface area contributed by atoms with E-state index in [0.29, 0.717) is 27.6 Å². The fourth-order valence-electron chi connectivity index (χ4n) is 2.16. The van der Waals surface area contributed by atoms with Gasteiger partial charge in [-0.2, -0.15) is 0 Å². The number of benzene rings is 1. The van der Waals surface area contributed by atoms with Gasteiger partial charge in [-0.15, -0.1) is 21.5 Å². The fourth-order valence-corrected chi connectivity index (χ4v) is 3.52. The number of para-hydroxylation sites is 2. The van der Waals surface area contributed by atoms with Gasteiger partial charge < -0.3 is 19.4 Å². The van der Waals surface area contributed by atoms with E-state index in [1.54, 1.807) is 13.3 Å². The van der Waals surface area contributed by atoms with E-state index in [9.17, 15) is 4.79 Å². The van der Waals surface area contributed by atoms with Crippen molar-refractivity contribution in [3.05, 3.63) is 41.7 Å². The Morgan fingerprint density at radius 3 is 2.81 bits per heavy atom. The van der Waals surface area contributed by atoms with Crippen LogP contribution in [-0.4, -0.2) is 38.0 Å². The van der Waals surface area contributed by atoms with Gasteiger partial charge in [0.15, 0.2) is 27.6 Å². The normalized spacial score (nSPS) is 11.8. The van der Waals surface area contributed by atoms with Gasteiger partial charge >= 0.3 is 0 Å². The quantitative estimate of drug-likeness (QED) is 0.576. The molecule has 2 heterocycles. The number of anilines is 1. The minimum absolute atomic E-state index is 0.134. The Bertz CT molecular complexity index is 898. The maximum Gasteiger partial charge on any atom is 0.239 e. The molecule has 0 aliphatic carbocycles. The molecule has 0 radical (unpaired) electrons. The molecule has 0 fully saturated rings. The second-order valence-corrected chi connectivity index (χ2v) is 7.69. The highest BCUT2D eigenvalue weighted by atomic mass is 32.2. The van der Waals surface area contributed by atoms with Crippen LogP contribution in [0.1, 0.15) is 12.7 Å². The minimum atomic E-state index is -0.347. The lowest BCUT2D eigenvalue weighted by atomic mass is 10.3. The summed E-state index contributed by atoms with van der Waals surface area (Å²) in [5.41, 5.74) is 0. The third-order valence-corrected chi connectivity index (χ3v) is 5.49. The van der Waals surface area contributed by atoms with E-state index < -0.39 is 0 Å². The third kappa shape index (κ3) is 4.77. The molecule has 0 saturated heterocycles. The highest BCUT2D eigenvalue weighted by Gasteiger charge is 2.20. The van der Waals surface area contributed by atoms with Crippen molar-refractivity contribution < 1.29 is 14.3 Å². The molecular weight excluding hydrogens is 386 g/mol. The van der Waals surface area contributed by atoms with E-state index in [2.05, 4.69) is 20.5 Å². The van der Waals surface area contributed by atoms with Crippen LogP contribution in [-0.2, 0) is 18.4 Å². The van der Waals surface area contributed by atoms with Crippen molar-refractivity contribution in [2.24, 2.45) is 7.05 Å². The summed E-state index contributed by atoms with van der Waals surface area (Å²) < 4.78 is 12.9. The molecule has 10 heteroatoms. The number of ether oxygens (including phenoxy) is 2. The molecule has 1 N–H and O–H groups in total. The zero-order valence-corrected chi connectivity index (χ0v) is 16.7. The number of thiazole rings is 1. The van der Waals surface area contributed by atoms with Crippen LogP contribution in [0.5, 0.6) is 11.5 Å². The lowest BCUT2D eigenvalue weighted by molar-refractivity contribution is -0.115. The van der Waals surface area contributed by atoms with Crippen LogP contribution in [0.15, 0.2) is 41.0 Å². The number of nitrogens with zero attached hydrogens (tertiary/aromatic N) is 4. The Hall–Kier alpha value is -2.59. The number of amides is 1. The molecule has 3 rings (SSSR count). The number of aromatic nitrogens is 4. The number of hydrogen-bond acceptors (Lipinski definition) is 8. The second kappa shape index (κ2) is 8.87. The molecular formula is C17H19N5O3S2. The molecule has 2 aromatic heterocycles. The van der Waals surface area contributed by atoms with E-state index in [4.69, 9.17) is 9.47 Å². The number of carbonyl (C=O) groups is 1. The molecule has 1 atom stereocenters. The summed E-state index contributed by atoms with van der Waals surface area (Å²) in [5.74, 6) is 1.80. The van der Waals surface area contributed by atoms with Gasteiger partial charge in [0.25, 0.3) is 0 Å². The number of hydrogen-bond donors (Lipinski definition) is 1. The van der Waals surface area contributed by atoms with Gasteiger partial charge in [-0.05, 0) is 19.1 Å². The molecule has 8 nitrogen and oxygen atoms in total. The number of nitrogens with one attached hydrogen (secondary N) is 1. The molecule has 1 aromatic carbocycles. The van der Waals surface area contributed by atoms with Crippen LogP contribution in [0, 0.1) is 0 Å². The SMILES string of the molecule is COc1ccccc1OCc1nnc(SC(C)C(=O)Nc2nccs2)n1C. The van der Waals surface area contributed by atoms with E-state index in [-0.39, 0.29) is 17.8 Å². The standard InChI is InChI=1S/C17H19N5O3S2/c1-11(15(23)19-16-18-8-9-26-16)27-17-21-20-14(22(17)2)10-25-13-7-5-4-6-12(13)24-3/h4-9,11H,10H2,1-3H3,(H,18,19,23). The van der Waals surface area contributed by atoms with Crippen molar-refractivity contribution in [2.75, 3.05) is 12.4 Å². The molecule has 3 aromatic rings. The average molecular weight is 406 g/mol. The second-order valence-electron chi connectivity index (χ2n) is 5.48. The Labute approximate surface area is 164 Å². The van der Waals surface area contributed by atoms with Crippen molar-refractivity contribution in [3.63, 3.8) is 0 Å². The van der Waals surface area contributed by atoms with Gasteiger partial charge in [-0.1, -0.05) is 23.9 Å². The predicted octanol–water partition coefficient (Wildman–Crippen LogP) is 2.98. The molecule has 0 bridgehead atoms. The number of rotatable bonds is 8. The molecule has 0 aliphatic heterocycles. The van der Waals surface area contributed by atoms with Crippen molar-refractivity contribution in [2.45, 2.75) is 23.9 Å². The molecule has 0 spiro atoms. The van der Waals surface area contributed by atoms with Crippen molar-refractivity contribution >= 4 is 34.1 Å². The van der Waals surface area contributed by atoms with Crippen molar-refractivity contribution in [1.29, 1.82) is 0 Å². The third-order valence-electron chi connectivity index (χ3n) is 3.66. The first kappa shape index (κ1) is 19.2. The van der Waals surface area contributed by atoms with Crippen LogP contribution in [0.4, 0.5) is 5.13 Å². The number of thioether (sulfide) groups is 1. The van der Waals surface area contributed by atoms with Crippen molar-refractivity contribution in [3.8, 4) is 11.5 Å². The highest BCUT2D eigenvalue weighted by Crippen LogP contribution is 2.27. The summed E-state index contributed by atoms with van der Waals surface area (Å²) in [6.07, 6.45) is 1.65. The molecule has 142 valence electrons. The molecule has 0 saturated carbocycles. The first-order valence-corrected chi connectivity index (χ1v) is 9.85. The zero-order valence-electron chi connectivity index (χ0n) is 15.1.